The summed E-state index contributed by atoms with van der Waals surface area (Å²) in [5, 5.41) is 0. The SMILES string of the molecule is CCc1ccccc1C(=O)OC(CC)CC. The number of ether oxygens (including phenoxy) is 1. The second-order valence-corrected chi connectivity index (χ2v) is 3.85. The molecular weight excluding hydrogens is 200 g/mol. The van der Waals surface area contributed by atoms with Gasteiger partial charge in [-0.15, -0.1) is 0 Å². The highest BCUT2D eigenvalue weighted by Gasteiger charge is 2.14. The number of carbonyl (C=O) groups is 1. The minimum atomic E-state index is -0.189. The van der Waals surface area contributed by atoms with E-state index in [9.17, 15) is 4.79 Å². The Bertz CT molecular complexity index is 340. The predicted octanol–water partition coefficient (Wildman–Crippen LogP) is 3.59. The van der Waals surface area contributed by atoms with Crippen molar-refractivity contribution in [3.8, 4) is 0 Å². The quantitative estimate of drug-likeness (QED) is 0.709. The molecule has 0 unspecified atom stereocenters. The maximum atomic E-state index is 11.9. The molecule has 0 N–H and O–H groups in total. The molecule has 0 bridgehead atoms. The lowest BCUT2D eigenvalue weighted by Gasteiger charge is -2.15. The minimum absolute atomic E-state index is 0.0393. The Hall–Kier alpha value is -1.31. The van der Waals surface area contributed by atoms with Crippen LogP contribution in [0.5, 0.6) is 0 Å². The lowest BCUT2D eigenvalue weighted by Crippen LogP contribution is -2.17. The first-order chi connectivity index (χ1) is 7.72. The van der Waals surface area contributed by atoms with Gasteiger partial charge in [0.2, 0.25) is 0 Å². The van der Waals surface area contributed by atoms with Crippen molar-refractivity contribution in [3.05, 3.63) is 35.4 Å². The second-order valence-electron chi connectivity index (χ2n) is 3.85. The molecule has 0 atom stereocenters. The van der Waals surface area contributed by atoms with Gasteiger partial charge < -0.3 is 4.74 Å². The van der Waals surface area contributed by atoms with E-state index in [0.29, 0.717) is 5.56 Å². The van der Waals surface area contributed by atoms with Crippen molar-refractivity contribution in [2.45, 2.75) is 46.1 Å². The fourth-order valence-corrected chi connectivity index (χ4v) is 1.70. The molecule has 0 amide bonds. The van der Waals surface area contributed by atoms with E-state index >= 15 is 0 Å². The first-order valence-electron chi connectivity index (χ1n) is 6.01. The second kappa shape index (κ2) is 6.31. The highest BCUT2D eigenvalue weighted by molar-refractivity contribution is 5.91. The van der Waals surface area contributed by atoms with Crippen molar-refractivity contribution in [2.24, 2.45) is 0 Å². The first kappa shape index (κ1) is 12.8. The summed E-state index contributed by atoms with van der Waals surface area (Å²) in [6, 6.07) is 7.64. The molecule has 1 aromatic rings. The van der Waals surface area contributed by atoms with Gasteiger partial charge in [-0.1, -0.05) is 39.0 Å². The van der Waals surface area contributed by atoms with Gasteiger partial charge in [0, 0.05) is 0 Å². The first-order valence-corrected chi connectivity index (χ1v) is 6.01. The van der Waals surface area contributed by atoms with Crippen molar-refractivity contribution in [1.82, 2.24) is 0 Å². The molecule has 0 fully saturated rings. The third-order valence-electron chi connectivity index (χ3n) is 2.80. The smallest absolute Gasteiger partial charge is 0.338 e. The zero-order chi connectivity index (χ0) is 12.0. The fraction of sp³-hybridized carbons (Fsp3) is 0.500. The van der Waals surface area contributed by atoms with Crippen LogP contribution in [-0.4, -0.2) is 12.1 Å². The molecule has 0 aliphatic carbocycles. The molecule has 0 aliphatic rings. The van der Waals surface area contributed by atoms with Gasteiger partial charge in [0.25, 0.3) is 0 Å². The molecule has 0 radical (unpaired) electrons. The molecule has 2 nitrogen and oxygen atoms in total. The summed E-state index contributed by atoms with van der Waals surface area (Å²) in [7, 11) is 0. The third-order valence-corrected chi connectivity index (χ3v) is 2.80. The molecule has 0 aliphatic heterocycles. The summed E-state index contributed by atoms with van der Waals surface area (Å²) in [5.41, 5.74) is 1.76. The van der Waals surface area contributed by atoms with Crippen molar-refractivity contribution >= 4 is 5.97 Å². The maximum Gasteiger partial charge on any atom is 0.338 e. The number of esters is 1. The van der Waals surface area contributed by atoms with Crippen molar-refractivity contribution in [2.75, 3.05) is 0 Å². The molecule has 2 heteroatoms. The summed E-state index contributed by atoms with van der Waals surface area (Å²) in [6.07, 6.45) is 2.64. The van der Waals surface area contributed by atoms with E-state index in [0.717, 1.165) is 24.8 Å². The number of benzene rings is 1. The average molecular weight is 220 g/mol. The van der Waals surface area contributed by atoms with Gasteiger partial charge in [0.05, 0.1) is 5.56 Å². The van der Waals surface area contributed by atoms with Crippen LogP contribution in [0.1, 0.15) is 49.5 Å². The lowest BCUT2D eigenvalue weighted by molar-refractivity contribution is 0.0283. The predicted molar refractivity (Wildman–Crippen MR) is 65.6 cm³/mol. The number of aryl methyl sites for hydroxylation is 1. The zero-order valence-corrected chi connectivity index (χ0v) is 10.3. The van der Waals surface area contributed by atoms with Crippen LogP contribution in [0.15, 0.2) is 24.3 Å². The van der Waals surface area contributed by atoms with Crippen molar-refractivity contribution in [1.29, 1.82) is 0 Å². The molecule has 1 aromatic carbocycles. The van der Waals surface area contributed by atoms with Gasteiger partial charge in [-0.25, -0.2) is 4.79 Å². The average Bonchev–Trinajstić information content (AvgIpc) is 2.35. The Kier molecular flexibility index (Phi) is 5.03. The maximum absolute atomic E-state index is 11.9. The van der Waals surface area contributed by atoms with Gasteiger partial charge in [0.1, 0.15) is 6.10 Å². The van der Waals surface area contributed by atoms with E-state index in [1.807, 2.05) is 45.0 Å². The van der Waals surface area contributed by atoms with E-state index in [-0.39, 0.29) is 12.1 Å². The van der Waals surface area contributed by atoms with E-state index in [4.69, 9.17) is 4.74 Å². The summed E-state index contributed by atoms with van der Waals surface area (Å²) >= 11 is 0. The molecular formula is C14H20O2. The standard InChI is InChI=1S/C14H20O2/c1-4-11-9-7-8-10-13(11)14(15)16-12(5-2)6-3/h7-10,12H,4-6H2,1-3H3. The summed E-state index contributed by atoms with van der Waals surface area (Å²) < 4.78 is 5.44. The van der Waals surface area contributed by atoms with E-state index in [2.05, 4.69) is 0 Å². The number of carbonyl (C=O) groups excluding carboxylic acids is 1. The molecule has 0 aromatic heterocycles. The number of hydrogen-bond acceptors (Lipinski definition) is 2. The summed E-state index contributed by atoms with van der Waals surface area (Å²) in [4.78, 5) is 11.9. The third kappa shape index (κ3) is 3.09. The van der Waals surface area contributed by atoms with Crippen LogP contribution in [0.2, 0.25) is 0 Å². The van der Waals surface area contributed by atoms with Crippen LogP contribution in [-0.2, 0) is 11.2 Å². The van der Waals surface area contributed by atoms with Gasteiger partial charge in [-0.2, -0.15) is 0 Å². The van der Waals surface area contributed by atoms with Crippen LogP contribution in [0.3, 0.4) is 0 Å². The summed E-state index contributed by atoms with van der Waals surface area (Å²) in [6.45, 7) is 6.11. The lowest BCUT2D eigenvalue weighted by atomic mass is 10.1. The summed E-state index contributed by atoms with van der Waals surface area (Å²) in [5.74, 6) is -0.189. The monoisotopic (exact) mass is 220 g/mol. The van der Waals surface area contributed by atoms with E-state index in [1.165, 1.54) is 0 Å². The Morgan fingerprint density at radius 3 is 2.38 bits per heavy atom. The Morgan fingerprint density at radius 2 is 1.81 bits per heavy atom. The molecule has 16 heavy (non-hydrogen) atoms. The highest BCUT2D eigenvalue weighted by Crippen LogP contribution is 2.13. The fourth-order valence-electron chi connectivity index (χ4n) is 1.70. The van der Waals surface area contributed by atoms with Crippen LogP contribution < -0.4 is 0 Å². The largest absolute Gasteiger partial charge is 0.459 e. The number of rotatable bonds is 5. The molecule has 0 spiro atoms. The minimum Gasteiger partial charge on any atom is -0.459 e. The van der Waals surface area contributed by atoms with Crippen molar-refractivity contribution < 1.29 is 9.53 Å². The Labute approximate surface area is 97.6 Å². The van der Waals surface area contributed by atoms with Crippen LogP contribution >= 0.6 is 0 Å². The van der Waals surface area contributed by atoms with Crippen LogP contribution in [0.4, 0.5) is 0 Å². The van der Waals surface area contributed by atoms with Crippen LogP contribution in [0, 0.1) is 0 Å². The molecule has 0 heterocycles. The van der Waals surface area contributed by atoms with E-state index in [1.54, 1.807) is 0 Å². The van der Waals surface area contributed by atoms with Crippen LogP contribution in [0.25, 0.3) is 0 Å². The molecule has 0 saturated heterocycles. The van der Waals surface area contributed by atoms with Gasteiger partial charge in [-0.3, -0.25) is 0 Å². The topological polar surface area (TPSA) is 26.3 Å². The van der Waals surface area contributed by atoms with Gasteiger partial charge >= 0.3 is 5.97 Å². The Morgan fingerprint density at radius 1 is 1.19 bits per heavy atom. The van der Waals surface area contributed by atoms with Gasteiger partial charge in [-0.05, 0) is 30.9 Å². The molecule has 88 valence electrons. The normalized spacial score (nSPS) is 10.5. The van der Waals surface area contributed by atoms with Gasteiger partial charge in [0.15, 0.2) is 0 Å². The number of hydrogen-bond donors (Lipinski definition) is 0. The van der Waals surface area contributed by atoms with E-state index < -0.39 is 0 Å². The van der Waals surface area contributed by atoms with Crippen molar-refractivity contribution in [3.63, 3.8) is 0 Å². The highest BCUT2D eigenvalue weighted by atomic mass is 16.5. The molecule has 1 rings (SSSR count). The molecule has 0 saturated carbocycles. The Balaban J connectivity index is 2.79. The zero-order valence-electron chi connectivity index (χ0n) is 10.3.